The molecule has 5 nitrogen and oxygen atoms in total. The van der Waals surface area contributed by atoms with Gasteiger partial charge in [0.2, 0.25) is 0 Å². The summed E-state index contributed by atoms with van der Waals surface area (Å²) in [6.07, 6.45) is 0.876. The quantitative estimate of drug-likeness (QED) is 0.637. The lowest BCUT2D eigenvalue weighted by atomic mass is 10.0. The number of hydrogen-bond acceptors (Lipinski definition) is 4. The molecule has 1 heterocycles. The fraction of sp³-hybridized carbons (Fsp3) is 0.238. The number of aliphatic hydroxyl groups is 1. The molecule has 3 aromatic rings. The van der Waals surface area contributed by atoms with Crippen LogP contribution in [0.3, 0.4) is 0 Å². The van der Waals surface area contributed by atoms with Gasteiger partial charge in [-0.05, 0) is 48.7 Å². The maximum Gasteiger partial charge on any atom is 0.270 e. The van der Waals surface area contributed by atoms with Gasteiger partial charge < -0.3 is 10.8 Å². The lowest BCUT2D eigenvalue weighted by Gasteiger charge is -2.12. The molecule has 0 amide bonds. The summed E-state index contributed by atoms with van der Waals surface area (Å²) < 4.78 is 15.2. The molecule has 0 aliphatic heterocycles. The summed E-state index contributed by atoms with van der Waals surface area (Å²) in [5.41, 5.74) is 8.25. The predicted molar refractivity (Wildman–Crippen MR) is 108 cm³/mol. The number of aliphatic hydroxyl groups excluding tert-OH is 1. The highest BCUT2D eigenvalue weighted by Gasteiger charge is 2.13. The Labute approximate surface area is 167 Å². The van der Waals surface area contributed by atoms with Crippen molar-refractivity contribution in [3.8, 4) is 11.3 Å². The highest BCUT2D eigenvalue weighted by atomic mass is 35.5. The van der Waals surface area contributed by atoms with E-state index in [0.717, 1.165) is 5.56 Å². The number of aromatic nitrogens is 2. The molecule has 0 aliphatic carbocycles. The molecule has 3 rings (SSSR count). The SMILES string of the molecule is NCc1cc(-c2cc(CCCO)c(=O)n(Cc3ccccc3Cl)n2)ccc1F. The van der Waals surface area contributed by atoms with E-state index < -0.39 is 0 Å². The lowest BCUT2D eigenvalue weighted by molar-refractivity contribution is 0.288. The second-order valence-electron chi connectivity index (χ2n) is 6.45. The van der Waals surface area contributed by atoms with Crippen LogP contribution in [0.4, 0.5) is 4.39 Å². The van der Waals surface area contributed by atoms with E-state index in [4.69, 9.17) is 22.4 Å². The molecule has 0 bridgehead atoms. The highest BCUT2D eigenvalue weighted by Crippen LogP contribution is 2.21. The van der Waals surface area contributed by atoms with E-state index >= 15 is 0 Å². The maximum absolute atomic E-state index is 13.8. The normalized spacial score (nSPS) is 11.0. The Morgan fingerprint density at radius 1 is 1.11 bits per heavy atom. The van der Waals surface area contributed by atoms with Gasteiger partial charge in [0, 0.05) is 34.9 Å². The Balaban J connectivity index is 2.10. The van der Waals surface area contributed by atoms with Gasteiger partial charge >= 0.3 is 0 Å². The van der Waals surface area contributed by atoms with Crippen molar-refractivity contribution in [2.75, 3.05) is 6.61 Å². The van der Waals surface area contributed by atoms with Gasteiger partial charge in [-0.1, -0.05) is 29.8 Å². The van der Waals surface area contributed by atoms with Crippen molar-refractivity contribution in [1.82, 2.24) is 9.78 Å². The lowest BCUT2D eigenvalue weighted by Crippen LogP contribution is -2.27. The molecular weight excluding hydrogens is 381 g/mol. The summed E-state index contributed by atoms with van der Waals surface area (Å²) in [6, 6.07) is 13.5. The van der Waals surface area contributed by atoms with E-state index in [1.807, 2.05) is 18.2 Å². The fourth-order valence-corrected chi connectivity index (χ4v) is 3.17. The molecule has 0 saturated carbocycles. The summed E-state index contributed by atoms with van der Waals surface area (Å²) in [7, 11) is 0. The average molecular weight is 402 g/mol. The summed E-state index contributed by atoms with van der Waals surface area (Å²) in [6.45, 7) is 0.259. The van der Waals surface area contributed by atoms with Crippen LogP contribution in [-0.4, -0.2) is 21.5 Å². The van der Waals surface area contributed by atoms with Crippen LogP contribution < -0.4 is 11.3 Å². The van der Waals surface area contributed by atoms with Crippen molar-refractivity contribution in [2.24, 2.45) is 5.73 Å². The number of aryl methyl sites for hydroxylation is 1. The topological polar surface area (TPSA) is 81.1 Å². The molecule has 0 radical (unpaired) electrons. The third-order valence-corrected chi connectivity index (χ3v) is 4.86. The van der Waals surface area contributed by atoms with Crippen LogP contribution >= 0.6 is 11.6 Å². The smallest absolute Gasteiger partial charge is 0.270 e. The van der Waals surface area contributed by atoms with Gasteiger partial charge in [0.05, 0.1) is 12.2 Å². The number of benzene rings is 2. The second kappa shape index (κ2) is 9.10. The zero-order chi connectivity index (χ0) is 20.1. The minimum Gasteiger partial charge on any atom is -0.396 e. The third kappa shape index (κ3) is 4.47. The summed E-state index contributed by atoms with van der Waals surface area (Å²) in [5, 5.41) is 14.2. The molecular formula is C21H21ClFN3O2. The number of nitrogens with two attached hydrogens (primary N) is 1. The van der Waals surface area contributed by atoms with E-state index in [1.165, 1.54) is 10.7 Å². The van der Waals surface area contributed by atoms with E-state index in [9.17, 15) is 9.18 Å². The highest BCUT2D eigenvalue weighted by molar-refractivity contribution is 6.31. The molecule has 0 saturated heterocycles. The van der Waals surface area contributed by atoms with Gasteiger partial charge in [0.1, 0.15) is 5.82 Å². The molecule has 0 unspecified atom stereocenters. The molecule has 146 valence electrons. The Morgan fingerprint density at radius 2 is 1.89 bits per heavy atom. The zero-order valence-corrected chi connectivity index (χ0v) is 16.0. The van der Waals surface area contributed by atoms with Crippen molar-refractivity contribution < 1.29 is 9.50 Å². The van der Waals surface area contributed by atoms with Crippen molar-refractivity contribution in [2.45, 2.75) is 25.9 Å². The Kier molecular flexibility index (Phi) is 6.57. The first-order chi connectivity index (χ1) is 13.5. The van der Waals surface area contributed by atoms with E-state index in [2.05, 4.69) is 5.10 Å². The molecule has 28 heavy (non-hydrogen) atoms. The van der Waals surface area contributed by atoms with E-state index in [1.54, 1.807) is 24.3 Å². The Bertz CT molecular complexity index is 1040. The monoisotopic (exact) mass is 401 g/mol. The number of hydrogen-bond donors (Lipinski definition) is 2. The molecule has 0 fully saturated rings. The average Bonchev–Trinajstić information content (AvgIpc) is 2.70. The molecule has 2 aromatic carbocycles. The number of nitrogens with zero attached hydrogens (tertiary/aromatic N) is 2. The fourth-order valence-electron chi connectivity index (χ4n) is 2.97. The van der Waals surface area contributed by atoms with E-state index in [0.29, 0.717) is 40.2 Å². The van der Waals surface area contributed by atoms with Crippen molar-refractivity contribution in [3.05, 3.63) is 86.4 Å². The Hall–Kier alpha value is -2.54. The van der Waals surface area contributed by atoms with Gasteiger partial charge in [-0.3, -0.25) is 4.79 Å². The number of rotatable bonds is 7. The van der Waals surface area contributed by atoms with Crippen LogP contribution in [-0.2, 0) is 19.5 Å². The van der Waals surface area contributed by atoms with Crippen molar-refractivity contribution >= 4 is 11.6 Å². The van der Waals surface area contributed by atoms with Crippen molar-refractivity contribution in [1.29, 1.82) is 0 Å². The third-order valence-electron chi connectivity index (χ3n) is 4.49. The predicted octanol–water partition coefficient (Wildman–Crippen LogP) is 3.13. The maximum atomic E-state index is 13.8. The van der Waals surface area contributed by atoms with Gasteiger partial charge in [0.15, 0.2) is 0 Å². The molecule has 0 spiro atoms. The largest absolute Gasteiger partial charge is 0.396 e. The summed E-state index contributed by atoms with van der Waals surface area (Å²) in [5.74, 6) is -0.379. The first-order valence-corrected chi connectivity index (χ1v) is 9.35. The van der Waals surface area contributed by atoms with Gasteiger partial charge in [-0.25, -0.2) is 9.07 Å². The molecule has 3 N–H and O–H groups in total. The second-order valence-corrected chi connectivity index (χ2v) is 6.85. The standard InChI is InChI=1S/C21H21ClFN3O2/c22-18-6-2-1-4-16(18)13-26-21(28)15(5-3-9-27)11-20(25-26)14-7-8-19(23)17(10-14)12-24/h1-2,4,6-8,10-11,27H,3,5,9,12-13,24H2. The Morgan fingerprint density at radius 3 is 2.61 bits per heavy atom. The molecule has 0 atom stereocenters. The minimum absolute atomic E-state index is 0.0184. The number of halogens is 2. The van der Waals surface area contributed by atoms with Gasteiger partial charge in [-0.15, -0.1) is 0 Å². The van der Waals surface area contributed by atoms with Gasteiger partial charge in [0.25, 0.3) is 5.56 Å². The van der Waals surface area contributed by atoms with Crippen LogP contribution in [0.1, 0.15) is 23.1 Å². The van der Waals surface area contributed by atoms with Crippen LogP contribution in [0.5, 0.6) is 0 Å². The molecule has 0 aliphatic rings. The van der Waals surface area contributed by atoms with Crippen LogP contribution in [0.2, 0.25) is 5.02 Å². The van der Waals surface area contributed by atoms with Crippen LogP contribution in [0.25, 0.3) is 11.3 Å². The van der Waals surface area contributed by atoms with Gasteiger partial charge in [-0.2, -0.15) is 5.10 Å². The van der Waals surface area contributed by atoms with Crippen LogP contribution in [0, 0.1) is 5.82 Å². The first kappa shape index (κ1) is 20.2. The minimum atomic E-state index is -0.379. The van der Waals surface area contributed by atoms with E-state index in [-0.39, 0.29) is 31.1 Å². The van der Waals surface area contributed by atoms with Crippen LogP contribution in [0.15, 0.2) is 53.3 Å². The van der Waals surface area contributed by atoms with Crippen molar-refractivity contribution in [3.63, 3.8) is 0 Å². The molecule has 1 aromatic heterocycles. The molecule has 7 heteroatoms. The first-order valence-electron chi connectivity index (χ1n) is 8.97. The zero-order valence-electron chi connectivity index (χ0n) is 15.2. The summed E-state index contributed by atoms with van der Waals surface area (Å²) >= 11 is 6.23. The summed E-state index contributed by atoms with van der Waals surface area (Å²) in [4.78, 5) is 12.8.